The molecule has 2 rings (SSSR count). The highest BCUT2D eigenvalue weighted by Crippen LogP contribution is 2.19. The molecule has 2 aromatic rings. The molecular formula is C19H22N2O3. The number of rotatable bonds is 6. The summed E-state index contributed by atoms with van der Waals surface area (Å²) in [4.78, 5) is 25.5. The fourth-order valence-electron chi connectivity index (χ4n) is 2.26. The van der Waals surface area contributed by atoms with Crippen LogP contribution in [0.3, 0.4) is 0 Å². The fraction of sp³-hybridized carbons (Fsp3) is 0.263. The first kappa shape index (κ1) is 17.5. The predicted molar refractivity (Wildman–Crippen MR) is 94.4 cm³/mol. The Morgan fingerprint density at radius 1 is 1.04 bits per heavy atom. The molecule has 0 aliphatic rings. The Kier molecular flexibility index (Phi) is 5.95. The molecule has 0 radical (unpaired) electrons. The molecule has 0 spiro atoms. The molecule has 0 heterocycles. The first-order valence-corrected chi connectivity index (χ1v) is 7.74. The molecule has 0 atom stereocenters. The topological polar surface area (TPSA) is 58.6 Å². The van der Waals surface area contributed by atoms with Crippen molar-refractivity contribution in [2.24, 2.45) is 0 Å². The van der Waals surface area contributed by atoms with Crippen LogP contribution in [0.5, 0.6) is 5.75 Å². The number of nitrogens with one attached hydrogen (secondary N) is 1. The van der Waals surface area contributed by atoms with E-state index in [1.807, 2.05) is 30.3 Å². The van der Waals surface area contributed by atoms with Gasteiger partial charge in [-0.25, -0.2) is 0 Å². The number of nitrogens with zero attached hydrogens (tertiary/aromatic N) is 1. The van der Waals surface area contributed by atoms with Gasteiger partial charge in [0, 0.05) is 26.2 Å². The van der Waals surface area contributed by atoms with E-state index in [1.54, 1.807) is 37.2 Å². The molecule has 126 valence electrons. The number of hydrogen-bond acceptors (Lipinski definition) is 3. The maximum absolute atomic E-state index is 12.3. The van der Waals surface area contributed by atoms with E-state index >= 15 is 0 Å². The third kappa shape index (κ3) is 4.59. The maximum Gasteiger partial charge on any atom is 0.259 e. The molecule has 2 amide bonds. The van der Waals surface area contributed by atoms with Gasteiger partial charge in [0.25, 0.3) is 5.91 Å². The lowest BCUT2D eigenvalue weighted by atomic mass is 10.1. The Balaban J connectivity index is 1.98. The van der Waals surface area contributed by atoms with Gasteiger partial charge >= 0.3 is 0 Å². The molecule has 0 fully saturated rings. The molecule has 0 saturated carbocycles. The summed E-state index contributed by atoms with van der Waals surface area (Å²) < 4.78 is 5.20. The number of carbonyl (C=O) groups is 2. The van der Waals surface area contributed by atoms with Gasteiger partial charge in [0.05, 0.1) is 12.7 Å². The van der Waals surface area contributed by atoms with Crippen molar-refractivity contribution in [1.82, 2.24) is 4.90 Å². The molecule has 0 saturated heterocycles. The van der Waals surface area contributed by atoms with E-state index in [1.165, 1.54) is 7.11 Å². The third-order valence-corrected chi connectivity index (χ3v) is 3.69. The summed E-state index contributed by atoms with van der Waals surface area (Å²) in [5.41, 5.74) is 2.25. The molecule has 1 N–H and O–H groups in total. The van der Waals surface area contributed by atoms with E-state index in [2.05, 4.69) is 5.32 Å². The normalized spacial score (nSPS) is 10.1. The lowest BCUT2D eigenvalue weighted by molar-refractivity contribution is -0.128. The molecule has 0 bridgehead atoms. The van der Waals surface area contributed by atoms with E-state index in [4.69, 9.17) is 4.74 Å². The molecule has 2 aromatic carbocycles. The summed E-state index contributed by atoms with van der Waals surface area (Å²) in [5, 5.41) is 2.85. The minimum atomic E-state index is -0.219. The summed E-state index contributed by atoms with van der Waals surface area (Å²) in [6.07, 6.45) is 1.15. The van der Waals surface area contributed by atoms with Crippen LogP contribution in [0.1, 0.15) is 22.3 Å². The number of aryl methyl sites for hydroxylation is 1. The van der Waals surface area contributed by atoms with Crippen LogP contribution in [-0.4, -0.2) is 37.9 Å². The van der Waals surface area contributed by atoms with Crippen LogP contribution in [0.25, 0.3) is 0 Å². The van der Waals surface area contributed by atoms with Crippen molar-refractivity contribution in [3.63, 3.8) is 0 Å². The van der Waals surface area contributed by atoms with Gasteiger partial charge in [-0.2, -0.15) is 0 Å². The van der Waals surface area contributed by atoms with Crippen LogP contribution < -0.4 is 10.1 Å². The summed E-state index contributed by atoms with van der Waals surface area (Å²) >= 11 is 0. The van der Waals surface area contributed by atoms with Gasteiger partial charge in [-0.05, 0) is 36.2 Å². The van der Waals surface area contributed by atoms with Crippen molar-refractivity contribution in [2.45, 2.75) is 12.8 Å². The van der Waals surface area contributed by atoms with Crippen molar-refractivity contribution in [3.8, 4) is 5.75 Å². The predicted octanol–water partition coefficient (Wildman–Crippen LogP) is 2.97. The van der Waals surface area contributed by atoms with Crippen LogP contribution >= 0.6 is 0 Å². The van der Waals surface area contributed by atoms with Gasteiger partial charge < -0.3 is 15.0 Å². The molecule has 0 aliphatic heterocycles. The van der Waals surface area contributed by atoms with Crippen molar-refractivity contribution in [1.29, 1.82) is 0 Å². The zero-order chi connectivity index (χ0) is 17.5. The van der Waals surface area contributed by atoms with Gasteiger partial charge in [0.15, 0.2) is 0 Å². The van der Waals surface area contributed by atoms with E-state index in [0.29, 0.717) is 29.8 Å². The highest BCUT2D eigenvalue weighted by atomic mass is 16.5. The lowest BCUT2D eigenvalue weighted by Gasteiger charge is -2.11. The Labute approximate surface area is 142 Å². The average Bonchev–Trinajstić information content (AvgIpc) is 2.60. The van der Waals surface area contributed by atoms with Gasteiger partial charge in [-0.3, -0.25) is 9.59 Å². The Morgan fingerprint density at radius 2 is 1.71 bits per heavy atom. The molecule has 24 heavy (non-hydrogen) atoms. The van der Waals surface area contributed by atoms with Crippen LogP contribution in [0.15, 0.2) is 48.5 Å². The number of para-hydroxylation sites is 1. The Hall–Kier alpha value is -2.82. The summed E-state index contributed by atoms with van der Waals surface area (Å²) in [6, 6.07) is 14.6. The maximum atomic E-state index is 12.3. The minimum Gasteiger partial charge on any atom is -0.496 e. The first-order chi connectivity index (χ1) is 11.5. The Bertz CT molecular complexity index is 709. The quantitative estimate of drug-likeness (QED) is 0.888. The summed E-state index contributed by atoms with van der Waals surface area (Å²) in [5.74, 6) is 0.417. The van der Waals surface area contributed by atoms with Crippen molar-refractivity contribution < 1.29 is 14.3 Å². The zero-order valence-electron chi connectivity index (χ0n) is 14.2. The molecule has 0 aliphatic carbocycles. The van der Waals surface area contributed by atoms with Crippen molar-refractivity contribution in [2.75, 3.05) is 26.5 Å². The first-order valence-electron chi connectivity index (χ1n) is 7.74. The average molecular weight is 326 g/mol. The van der Waals surface area contributed by atoms with Crippen molar-refractivity contribution >= 4 is 17.5 Å². The number of carbonyl (C=O) groups excluding carboxylic acids is 2. The van der Waals surface area contributed by atoms with Crippen LogP contribution in [-0.2, 0) is 11.2 Å². The number of ether oxygens (including phenoxy) is 1. The SMILES string of the molecule is COc1ccccc1C(=O)Nc1ccc(CCC(=O)N(C)C)cc1. The zero-order valence-corrected chi connectivity index (χ0v) is 14.2. The van der Waals surface area contributed by atoms with Crippen LogP contribution in [0, 0.1) is 0 Å². The smallest absolute Gasteiger partial charge is 0.259 e. The largest absolute Gasteiger partial charge is 0.496 e. The van der Waals surface area contributed by atoms with Gasteiger partial charge in [0.1, 0.15) is 5.75 Å². The second-order valence-electron chi connectivity index (χ2n) is 5.64. The molecule has 5 heteroatoms. The molecule has 5 nitrogen and oxygen atoms in total. The van der Waals surface area contributed by atoms with E-state index < -0.39 is 0 Å². The monoisotopic (exact) mass is 326 g/mol. The number of benzene rings is 2. The Morgan fingerprint density at radius 3 is 2.33 bits per heavy atom. The number of hydrogen-bond donors (Lipinski definition) is 1. The second kappa shape index (κ2) is 8.15. The molecular weight excluding hydrogens is 304 g/mol. The number of methoxy groups -OCH3 is 1. The van der Waals surface area contributed by atoms with Gasteiger partial charge in [0.2, 0.25) is 5.91 Å². The number of amides is 2. The highest BCUT2D eigenvalue weighted by Gasteiger charge is 2.11. The van der Waals surface area contributed by atoms with Crippen molar-refractivity contribution in [3.05, 3.63) is 59.7 Å². The van der Waals surface area contributed by atoms with Crippen LogP contribution in [0.4, 0.5) is 5.69 Å². The van der Waals surface area contributed by atoms with Gasteiger partial charge in [-0.1, -0.05) is 24.3 Å². The fourth-order valence-corrected chi connectivity index (χ4v) is 2.26. The second-order valence-corrected chi connectivity index (χ2v) is 5.64. The van der Waals surface area contributed by atoms with E-state index in [-0.39, 0.29) is 11.8 Å². The lowest BCUT2D eigenvalue weighted by Crippen LogP contribution is -2.21. The van der Waals surface area contributed by atoms with Crippen LogP contribution in [0.2, 0.25) is 0 Å². The van der Waals surface area contributed by atoms with E-state index in [9.17, 15) is 9.59 Å². The summed E-state index contributed by atoms with van der Waals surface area (Å²) in [6.45, 7) is 0. The van der Waals surface area contributed by atoms with Gasteiger partial charge in [-0.15, -0.1) is 0 Å². The summed E-state index contributed by atoms with van der Waals surface area (Å²) in [7, 11) is 5.04. The van der Waals surface area contributed by atoms with E-state index in [0.717, 1.165) is 5.56 Å². The standard InChI is InChI=1S/C19H22N2O3/c1-21(2)18(22)13-10-14-8-11-15(12-9-14)20-19(23)16-6-4-5-7-17(16)24-3/h4-9,11-12H,10,13H2,1-3H3,(H,20,23). The highest BCUT2D eigenvalue weighted by molar-refractivity contribution is 6.06. The number of anilines is 1. The molecule has 0 aromatic heterocycles. The molecule has 0 unspecified atom stereocenters. The third-order valence-electron chi connectivity index (χ3n) is 3.69. The minimum absolute atomic E-state index is 0.101.